The molecule has 0 fully saturated rings. The van der Waals surface area contributed by atoms with Crippen molar-refractivity contribution in [2.24, 2.45) is 0 Å². The van der Waals surface area contributed by atoms with Gasteiger partial charge in [0.1, 0.15) is 6.61 Å². The van der Waals surface area contributed by atoms with Crippen molar-refractivity contribution in [3.63, 3.8) is 0 Å². The summed E-state index contributed by atoms with van der Waals surface area (Å²) in [6.45, 7) is 4.55. The maximum Gasteiger partial charge on any atom is 0.104 e. The largest absolute Gasteiger partial charge is 0.395 e. The van der Waals surface area contributed by atoms with Gasteiger partial charge in [-0.1, -0.05) is 45.5 Å². The lowest BCUT2D eigenvalue weighted by Crippen LogP contribution is -1.76. The summed E-state index contributed by atoms with van der Waals surface area (Å²) in [5.74, 6) is 11.4. The van der Waals surface area contributed by atoms with Crippen LogP contribution in [0.3, 0.4) is 0 Å². The summed E-state index contributed by atoms with van der Waals surface area (Å²) in [6, 6.07) is 0. The summed E-state index contributed by atoms with van der Waals surface area (Å²) < 4.78 is 0. The van der Waals surface area contributed by atoms with Crippen LogP contribution in [-0.4, -0.2) is 23.4 Å². The fraction of sp³-hybridized carbons (Fsp3) is 0.765. The van der Waals surface area contributed by atoms with Crippen LogP contribution in [0.1, 0.15) is 71.6 Å². The van der Waals surface area contributed by atoms with E-state index in [9.17, 15) is 0 Å². The molecule has 0 bridgehead atoms. The van der Waals surface area contributed by atoms with E-state index >= 15 is 0 Å². The molecule has 0 aromatic heterocycles. The minimum absolute atomic E-state index is 0.00608. The molecule has 0 atom stereocenters. The number of hydrogen-bond acceptors (Lipinski definition) is 2. The molecule has 19 heavy (non-hydrogen) atoms. The van der Waals surface area contributed by atoms with Gasteiger partial charge in [-0.3, -0.25) is 0 Å². The predicted molar refractivity (Wildman–Crippen MR) is 82.6 cm³/mol. The Labute approximate surface area is 119 Å². The van der Waals surface area contributed by atoms with Gasteiger partial charge in [-0.05, 0) is 12.8 Å². The Bertz CT molecular complexity index is 262. The summed E-state index contributed by atoms with van der Waals surface area (Å²) in [5.41, 5.74) is 0. The van der Waals surface area contributed by atoms with Crippen molar-refractivity contribution in [1.29, 1.82) is 0 Å². The first-order chi connectivity index (χ1) is 9.33. The number of hydrogen-bond donors (Lipinski definition) is 2. The molecule has 0 aliphatic rings. The van der Waals surface area contributed by atoms with Gasteiger partial charge < -0.3 is 10.2 Å². The number of rotatable bonds is 7. The maximum absolute atomic E-state index is 8.37. The Kier molecular flexibility index (Phi) is 23.8. The highest BCUT2D eigenvalue weighted by Gasteiger charge is 1.80. The molecule has 2 heteroatoms. The summed E-state index contributed by atoms with van der Waals surface area (Å²) in [7, 11) is 0. The lowest BCUT2D eigenvalue weighted by Gasteiger charge is -1.87. The van der Waals surface area contributed by atoms with Crippen LogP contribution in [0.4, 0.5) is 0 Å². The zero-order chi connectivity index (χ0) is 14.6. The molecule has 0 aromatic carbocycles. The van der Waals surface area contributed by atoms with Crippen molar-refractivity contribution >= 4 is 0 Å². The van der Waals surface area contributed by atoms with E-state index in [2.05, 4.69) is 37.5 Å². The van der Waals surface area contributed by atoms with E-state index in [0.29, 0.717) is 6.42 Å². The van der Waals surface area contributed by atoms with Gasteiger partial charge in [0.15, 0.2) is 0 Å². The molecule has 0 unspecified atom stereocenters. The summed E-state index contributed by atoms with van der Waals surface area (Å²) in [5, 5.41) is 16.6. The van der Waals surface area contributed by atoms with Gasteiger partial charge in [0.2, 0.25) is 0 Å². The van der Waals surface area contributed by atoms with Crippen molar-refractivity contribution in [2.75, 3.05) is 13.2 Å². The van der Waals surface area contributed by atoms with Gasteiger partial charge in [0.05, 0.1) is 6.61 Å². The van der Waals surface area contributed by atoms with Crippen LogP contribution >= 0.6 is 0 Å². The van der Waals surface area contributed by atoms with Crippen molar-refractivity contribution < 1.29 is 10.2 Å². The Morgan fingerprint density at radius 2 is 1.11 bits per heavy atom. The van der Waals surface area contributed by atoms with Crippen LogP contribution in [0.5, 0.6) is 0 Å². The van der Waals surface area contributed by atoms with E-state index in [0.717, 1.165) is 12.8 Å². The summed E-state index contributed by atoms with van der Waals surface area (Å²) in [4.78, 5) is 0. The Morgan fingerprint density at radius 3 is 1.53 bits per heavy atom. The van der Waals surface area contributed by atoms with Crippen LogP contribution in [0.25, 0.3) is 0 Å². The van der Waals surface area contributed by atoms with E-state index in [-0.39, 0.29) is 13.2 Å². The highest BCUT2D eigenvalue weighted by Crippen LogP contribution is 1.96. The van der Waals surface area contributed by atoms with Gasteiger partial charge in [-0.15, -0.1) is 17.8 Å². The zero-order valence-corrected chi connectivity index (χ0v) is 12.7. The lowest BCUT2D eigenvalue weighted by molar-refractivity contribution is 0.305. The third-order valence-electron chi connectivity index (χ3n) is 2.38. The molecule has 0 radical (unpaired) electrons. The van der Waals surface area contributed by atoms with Gasteiger partial charge in [0, 0.05) is 19.3 Å². The predicted octanol–water partition coefficient (Wildman–Crippen LogP) is 3.51. The SMILES string of the molecule is CCCCCC#CCCO.CCCCCC#CCO. The van der Waals surface area contributed by atoms with Crippen LogP contribution in [0, 0.1) is 23.7 Å². The average Bonchev–Trinajstić information content (AvgIpc) is 2.43. The summed E-state index contributed by atoms with van der Waals surface area (Å²) in [6.07, 6.45) is 9.95. The first-order valence-corrected chi connectivity index (χ1v) is 7.46. The Morgan fingerprint density at radius 1 is 0.632 bits per heavy atom. The number of aliphatic hydroxyl groups is 2. The van der Waals surface area contributed by atoms with E-state index in [1.165, 1.54) is 38.5 Å². The topological polar surface area (TPSA) is 40.5 Å². The molecule has 0 aromatic rings. The van der Waals surface area contributed by atoms with Crippen molar-refractivity contribution in [3.05, 3.63) is 0 Å². The molecule has 0 rings (SSSR count). The molecule has 0 heterocycles. The van der Waals surface area contributed by atoms with Crippen molar-refractivity contribution in [1.82, 2.24) is 0 Å². The minimum atomic E-state index is 0.00608. The highest BCUT2D eigenvalue weighted by molar-refractivity contribution is 4.98. The van der Waals surface area contributed by atoms with Crippen molar-refractivity contribution in [3.8, 4) is 23.7 Å². The molecule has 110 valence electrons. The van der Waals surface area contributed by atoms with Gasteiger partial charge in [0.25, 0.3) is 0 Å². The minimum Gasteiger partial charge on any atom is -0.395 e. The van der Waals surface area contributed by atoms with Crippen LogP contribution in [-0.2, 0) is 0 Å². The zero-order valence-electron chi connectivity index (χ0n) is 12.7. The molecule has 0 amide bonds. The number of unbranched alkanes of at least 4 members (excludes halogenated alkanes) is 6. The van der Waals surface area contributed by atoms with Crippen LogP contribution in [0.2, 0.25) is 0 Å². The second kappa shape index (κ2) is 22.2. The third-order valence-corrected chi connectivity index (χ3v) is 2.38. The fourth-order valence-corrected chi connectivity index (χ4v) is 1.30. The van der Waals surface area contributed by atoms with Gasteiger partial charge in [-0.25, -0.2) is 0 Å². The van der Waals surface area contributed by atoms with E-state index < -0.39 is 0 Å². The fourth-order valence-electron chi connectivity index (χ4n) is 1.30. The number of aliphatic hydroxyl groups excluding tert-OH is 2. The Hall–Kier alpha value is -0.960. The van der Waals surface area contributed by atoms with Gasteiger partial charge >= 0.3 is 0 Å². The second-order valence-electron chi connectivity index (χ2n) is 4.25. The second-order valence-corrected chi connectivity index (χ2v) is 4.25. The monoisotopic (exact) mass is 266 g/mol. The average molecular weight is 266 g/mol. The standard InChI is InChI=1S/C9H16O.C8H14O/c1-2-3-4-5-6-7-8-9-10;1-2-3-4-5-6-7-8-9/h10H,2-5,8-9H2,1H3;9H,2-5,8H2,1H3. The first kappa shape index (κ1) is 20.4. The molecular weight excluding hydrogens is 236 g/mol. The van der Waals surface area contributed by atoms with Crippen molar-refractivity contribution in [2.45, 2.75) is 71.6 Å². The molecule has 2 N–H and O–H groups in total. The lowest BCUT2D eigenvalue weighted by atomic mass is 10.2. The maximum atomic E-state index is 8.37. The third kappa shape index (κ3) is 26.6. The molecule has 2 nitrogen and oxygen atoms in total. The van der Waals surface area contributed by atoms with E-state index in [4.69, 9.17) is 10.2 Å². The smallest absolute Gasteiger partial charge is 0.104 e. The highest BCUT2D eigenvalue weighted by atomic mass is 16.3. The summed E-state index contributed by atoms with van der Waals surface area (Å²) >= 11 is 0. The van der Waals surface area contributed by atoms with E-state index in [1.807, 2.05) is 0 Å². The molecule has 0 spiro atoms. The molecule has 0 saturated heterocycles. The molecule has 0 aliphatic carbocycles. The normalized spacial score (nSPS) is 8.42. The first-order valence-electron chi connectivity index (χ1n) is 7.46. The van der Waals surface area contributed by atoms with Gasteiger partial charge in [-0.2, -0.15) is 0 Å². The molecular formula is C17H30O2. The Balaban J connectivity index is 0. The quantitative estimate of drug-likeness (QED) is 0.547. The van der Waals surface area contributed by atoms with E-state index in [1.54, 1.807) is 0 Å². The van der Waals surface area contributed by atoms with Crippen LogP contribution in [0.15, 0.2) is 0 Å². The molecule has 0 saturated carbocycles. The molecule has 0 aliphatic heterocycles. The van der Waals surface area contributed by atoms with Crippen LogP contribution < -0.4 is 0 Å².